The Morgan fingerprint density at radius 1 is 0.806 bits per heavy atom. The van der Waals surface area contributed by atoms with E-state index in [4.69, 9.17) is 23.7 Å². The maximum Gasteiger partial charge on any atom is 0.354 e. The van der Waals surface area contributed by atoms with Crippen molar-refractivity contribution in [3.8, 4) is 23.0 Å². The molecule has 0 saturated carbocycles. The van der Waals surface area contributed by atoms with Crippen LogP contribution >= 0.6 is 0 Å². The Morgan fingerprint density at radius 3 is 2.06 bits per heavy atom. The molecule has 0 aliphatic carbocycles. The van der Waals surface area contributed by atoms with E-state index in [0.717, 1.165) is 33.2 Å². The van der Waals surface area contributed by atoms with Crippen molar-refractivity contribution in [2.45, 2.75) is 6.42 Å². The number of hydrogen-bond donors (Lipinski definition) is 0. The zero-order valence-corrected chi connectivity index (χ0v) is 21.6. The van der Waals surface area contributed by atoms with Crippen molar-refractivity contribution in [1.82, 2.24) is 4.90 Å². The predicted molar refractivity (Wildman–Crippen MR) is 136 cm³/mol. The molecular weight excluding hydrogens is 466 g/mol. The summed E-state index contributed by atoms with van der Waals surface area (Å²) in [5.74, 6) is 1.12. The fourth-order valence-electron chi connectivity index (χ4n) is 4.16. The highest BCUT2D eigenvalue weighted by molar-refractivity contribution is 6.13. The van der Waals surface area contributed by atoms with Crippen molar-refractivity contribution in [3.63, 3.8) is 0 Å². The maximum atomic E-state index is 12.3. The van der Waals surface area contributed by atoms with Crippen LogP contribution in [0.15, 0.2) is 42.1 Å². The second-order valence-corrected chi connectivity index (χ2v) is 7.90. The second-order valence-electron chi connectivity index (χ2n) is 7.90. The number of benzene rings is 3. The molecule has 3 aromatic carbocycles. The summed E-state index contributed by atoms with van der Waals surface area (Å²) in [6, 6.07) is 9.79. The molecule has 9 heteroatoms. The average Bonchev–Trinajstić information content (AvgIpc) is 2.91. The number of esters is 2. The summed E-state index contributed by atoms with van der Waals surface area (Å²) in [4.78, 5) is 25.7. The van der Waals surface area contributed by atoms with E-state index in [1.807, 2.05) is 30.3 Å². The highest BCUT2D eigenvalue weighted by Crippen LogP contribution is 2.44. The van der Waals surface area contributed by atoms with Gasteiger partial charge in [-0.2, -0.15) is 0 Å². The van der Waals surface area contributed by atoms with Gasteiger partial charge in [-0.1, -0.05) is 12.1 Å². The minimum atomic E-state index is -0.644. The first-order valence-corrected chi connectivity index (χ1v) is 11.1. The van der Waals surface area contributed by atoms with E-state index in [1.54, 1.807) is 40.4 Å². The van der Waals surface area contributed by atoms with E-state index in [9.17, 15) is 9.59 Å². The standard InChI is InChI=1S/C27H31NO8/c1-28(20(27(30)36-7)15-24(29)34-5)11-10-17-13-23(33-4)26(35-6)25-18(17)9-8-16-12-21(31-2)22(32-3)14-19(16)25/h8-9,12-15H,10-11H2,1-7H3/b20-15+. The highest BCUT2D eigenvalue weighted by Gasteiger charge is 2.21. The van der Waals surface area contributed by atoms with Crippen LogP contribution in [0.4, 0.5) is 0 Å². The number of carbonyl (C=O) groups excluding carboxylic acids is 2. The summed E-state index contributed by atoms with van der Waals surface area (Å²) in [5, 5.41) is 3.68. The number of rotatable bonds is 10. The molecular formula is C27H31NO8. The smallest absolute Gasteiger partial charge is 0.354 e. The second kappa shape index (κ2) is 11.5. The number of likely N-dealkylation sites (N-methyl/N-ethyl adjacent to an activating group) is 1. The normalized spacial score (nSPS) is 11.2. The predicted octanol–water partition coefficient (Wildman–Crippen LogP) is 3.73. The van der Waals surface area contributed by atoms with Crippen molar-refractivity contribution < 1.29 is 38.0 Å². The van der Waals surface area contributed by atoms with Gasteiger partial charge in [0, 0.05) is 19.0 Å². The van der Waals surface area contributed by atoms with Crippen molar-refractivity contribution in [1.29, 1.82) is 0 Å². The van der Waals surface area contributed by atoms with E-state index in [2.05, 4.69) is 4.74 Å². The van der Waals surface area contributed by atoms with Crippen LogP contribution in [-0.4, -0.2) is 73.1 Å². The van der Waals surface area contributed by atoms with Crippen LogP contribution in [0.3, 0.4) is 0 Å². The van der Waals surface area contributed by atoms with Crippen LogP contribution in [0, 0.1) is 0 Å². The van der Waals surface area contributed by atoms with E-state index >= 15 is 0 Å². The molecule has 9 nitrogen and oxygen atoms in total. The Balaban J connectivity index is 2.15. The quantitative estimate of drug-likeness (QED) is 0.236. The summed E-state index contributed by atoms with van der Waals surface area (Å²) < 4.78 is 32.0. The van der Waals surface area contributed by atoms with E-state index in [0.29, 0.717) is 36.0 Å². The lowest BCUT2D eigenvalue weighted by Gasteiger charge is -2.22. The van der Waals surface area contributed by atoms with Gasteiger partial charge in [-0.3, -0.25) is 0 Å². The van der Waals surface area contributed by atoms with Gasteiger partial charge in [-0.05, 0) is 46.3 Å². The molecule has 0 radical (unpaired) electrons. The van der Waals surface area contributed by atoms with Crippen molar-refractivity contribution in [2.75, 3.05) is 56.3 Å². The van der Waals surface area contributed by atoms with Crippen molar-refractivity contribution in [3.05, 3.63) is 47.7 Å². The number of nitrogens with zero attached hydrogens (tertiary/aromatic N) is 1. The lowest BCUT2D eigenvalue weighted by molar-refractivity contribution is -0.139. The minimum absolute atomic E-state index is 0.0939. The van der Waals surface area contributed by atoms with Gasteiger partial charge in [0.1, 0.15) is 5.70 Å². The molecule has 0 aliphatic rings. The van der Waals surface area contributed by atoms with Gasteiger partial charge < -0.3 is 33.3 Å². The monoisotopic (exact) mass is 497 g/mol. The molecule has 192 valence electrons. The zero-order valence-electron chi connectivity index (χ0n) is 21.6. The van der Waals surface area contributed by atoms with Gasteiger partial charge in [0.25, 0.3) is 0 Å². The highest BCUT2D eigenvalue weighted by atomic mass is 16.5. The molecule has 3 rings (SSSR count). The van der Waals surface area contributed by atoms with Gasteiger partial charge in [0.05, 0.1) is 48.7 Å². The first-order valence-electron chi connectivity index (χ1n) is 11.1. The molecule has 0 saturated heterocycles. The van der Waals surface area contributed by atoms with Crippen LogP contribution < -0.4 is 18.9 Å². The van der Waals surface area contributed by atoms with Crippen molar-refractivity contribution in [2.24, 2.45) is 0 Å². The lowest BCUT2D eigenvalue weighted by Crippen LogP contribution is -2.27. The van der Waals surface area contributed by atoms with Crippen LogP contribution in [0.5, 0.6) is 23.0 Å². The minimum Gasteiger partial charge on any atom is -0.493 e. The lowest BCUT2D eigenvalue weighted by atomic mass is 9.95. The van der Waals surface area contributed by atoms with Gasteiger partial charge >= 0.3 is 11.9 Å². The summed E-state index contributed by atoms with van der Waals surface area (Å²) in [6.07, 6.45) is 1.65. The van der Waals surface area contributed by atoms with E-state index in [1.165, 1.54) is 14.2 Å². The first-order chi connectivity index (χ1) is 17.3. The Kier molecular flexibility index (Phi) is 8.47. The number of ether oxygens (including phenoxy) is 6. The number of fused-ring (bicyclic) bond motifs is 3. The van der Waals surface area contributed by atoms with Gasteiger partial charge in [0.2, 0.25) is 0 Å². The van der Waals surface area contributed by atoms with Gasteiger partial charge in [-0.25, -0.2) is 9.59 Å². The number of methoxy groups -OCH3 is 6. The van der Waals surface area contributed by atoms with E-state index < -0.39 is 11.9 Å². The molecule has 36 heavy (non-hydrogen) atoms. The summed E-state index contributed by atoms with van der Waals surface area (Å²) in [5.41, 5.74) is 1.06. The molecule has 0 atom stereocenters. The molecule has 0 amide bonds. The maximum absolute atomic E-state index is 12.3. The Hall–Kier alpha value is -4.14. The summed E-state index contributed by atoms with van der Waals surface area (Å²) in [6.45, 7) is 0.409. The topological polar surface area (TPSA) is 92.8 Å². The molecule has 0 bridgehead atoms. The van der Waals surface area contributed by atoms with Gasteiger partial charge in [0.15, 0.2) is 23.0 Å². The van der Waals surface area contributed by atoms with Crippen LogP contribution in [0.1, 0.15) is 5.56 Å². The zero-order chi connectivity index (χ0) is 26.4. The molecule has 0 fully saturated rings. The molecule has 0 unspecified atom stereocenters. The SMILES string of the molecule is COC(=O)/C=C(\C(=O)OC)N(C)CCc1cc(OC)c(OC)c2c1ccc1cc(OC)c(OC)cc12. The number of carbonyl (C=O) groups is 2. The molecule has 0 N–H and O–H groups in total. The summed E-state index contributed by atoms with van der Waals surface area (Å²) >= 11 is 0. The Bertz CT molecular complexity index is 1310. The molecule has 0 aliphatic heterocycles. The largest absolute Gasteiger partial charge is 0.493 e. The third kappa shape index (κ3) is 5.10. The Labute approximate surface area is 210 Å². The fraction of sp³-hybridized carbons (Fsp3) is 0.333. The van der Waals surface area contributed by atoms with Crippen LogP contribution in [0.2, 0.25) is 0 Å². The molecule has 0 aromatic heterocycles. The fourth-order valence-corrected chi connectivity index (χ4v) is 4.16. The summed E-state index contributed by atoms with van der Waals surface area (Å²) in [7, 11) is 10.6. The first kappa shape index (κ1) is 26.5. The molecule has 0 spiro atoms. The molecule has 0 heterocycles. The Morgan fingerprint density at radius 2 is 1.47 bits per heavy atom. The third-order valence-electron chi connectivity index (χ3n) is 6.03. The van der Waals surface area contributed by atoms with Gasteiger partial charge in [-0.15, -0.1) is 0 Å². The molecule has 3 aromatic rings. The van der Waals surface area contributed by atoms with E-state index in [-0.39, 0.29) is 5.70 Å². The van der Waals surface area contributed by atoms with Crippen LogP contribution in [0.25, 0.3) is 21.5 Å². The number of hydrogen-bond acceptors (Lipinski definition) is 9. The van der Waals surface area contributed by atoms with Crippen molar-refractivity contribution >= 4 is 33.5 Å². The average molecular weight is 498 g/mol. The third-order valence-corrected chi connectivity index (χ3v) is 6.03. The van der Waals surface area contributed by atoms with Crippen LogP contribution in [-0.2, 0) is 25.5 Å².